The van der Waals surface area contributed by atoms with E-state index in [1.54, 1.807) is 6.07 Å². The first-order chi connectivity index (χ1) is 13.9. The monoisotopic (exact) mass is 406 g/mol. The van der Waals surface area contributed by atoms with Crippen molar-refractivity contribution in [3.8, 4) is 5.75 Å². The molecule has 3 aromatic carbocycles. The number of ether oxygens (including phenoxy) is 1. The average Bonchev–Trinajstić information content (AvgIpc) is 2.69. The molecule has 0 atom stereocenters. The van der Waals surface area contributed by atoms with Crippen LogP contribution < -0.4 is 10.1 Å². The number of rotatable bonds is 6. The van der Waals surface area contributed by atoms with Crippen LogP contribution in [0.25, 0.3) is 0 Å². The first-order valence-corrected chi connectivity index (χ1v) is 9.69. The molecule has 0 aromatic heterocycles. The molecule has 148 valence electrons. The summed E-state index contributed by atoms with van der Waals surface area (Å²) < 4.78 is 5.55. The maximum absolute atomic E-state index is 12.1. The summed E-state index contributed by atoms with van der Waals surface area (Å²) >= 11 is 6.07. The number of anilines is 1. The van der Waals surface area contributed by atoms with Crippen molar-refractivity contribution in [2.75, 3.05) is 11.9 Å². The Bertz CT molecular complexity index is 1040. The number of hydrogen-bond donors (Lipinski definition) is 1. The van der Waals surface area contributed by atoms with Gasteiger partial charge in [0.2, 0.25) is 0 Å². The molecule has 0 aliphatic carbocycles. The summed E-state index contributed by atoms with van der Waals surface area (Å²) in [6, 6.07) is 19.0. The van der Waals surface area contributed by atoms with Crippen molar-refractivity contribution in [3.63, 3.8) is 0 Å². The van der Waals surface area contributed by atoms with Gasteiger partial charge in [-0.2, -0.15) is 0 Å². The zero-order chi connectivity index (χ0) is 20.8. The summed E-state index contributed by atoms with van der Waals surface area (Å²) in [5.41, 5.74) is 5.87. The van der Waals surface area contributed by atoms with Crippen molar-refractivity contribution in [2.24, 2.45) is 4.99 Å². The van der Waals surface area contributed by atoms with Gasteiger partial charge < -0.3 is 10.1 Å². The van der Waals surface area contributed by atoms with Gasteiger partial charge in [0.15, 0.2) is 6.61 Å². The van der Waals surface area contributed by atoms with Gasteiger partial charge in [0.1, 0.15) is 5.75 Å². The standard InChI is InChI=1S/C24H23ClN2O2/c1-16-4-11-23(18(3)12-16)26-14-19-6-9-21(10-7-19)29-15-24(28)27-20-8-5-17(2)22(25)13-20/h4-14H,15H2,1-3H3,(H,27,28). The molecule has 1 amide bonds. The number of aliphatic imine (C=N–C) groups is 1. The molecule has 0 heterocycles. The summed E-state index contributed by atoms with van der Waals surface area (Å²) in [7, 11) is 0. The first-order valence-electron chi connectivity index (χ1n) is 9.31. The Morgan fingerprint density at radius 1 is 1.00 bits per heavy atom. The third kappa shape index (κ3) is 5.93. The Labute approximate surface area is 176 Å². The van der Waals surface area contributed by atoms with Gasteiger partial charge in [-0.25, -0.2) is 0 Å². The SMILES string of the molecule is Cc1ccc(N=Cc2ccc(OCC(=O)Nc3ccc(C)c(Cl)c3)cc2)c(C)c1. The zero-order valence-corrected chi connectivity index (χ0v) is 17.5. The van der Waals surface area contributed by atoms with E-state index in [0.717, 1.165) is 22.4 Å². The number of carbonyl (C=O) groups excluding carboxylic acids is 1. The van der Waals surface area contributed by atoms with Gasteiger partial charge in [0, 0.05) is 16.9 Å². The Hall–Kier alpha value is -3.11. The third-order valence-corrected chi connectivity index (χ3v) is 4.82. The van der Waals surface area contributed by atoms with E-state index in [1.165, 1.54) is 5.56 Å². The predicted octanol–water partition coefficient (Wildman–Crippen LogP) is 6.03. The first kappa shape index (κ1) is 20.6. The average molecular weight is 407 g/mol. The lowest BCUT2D eigenvalue weighted by Crippen LogP contribution is -2.20. The molecular weight excluding hydrogens is 384 g/mol. The molecule has 0 aliphatic rings. The van der Waals surface area contributed by atoms with Crippen LogP contribution in [0.2, 0.25) is 5.02 Å². The molecule has 4 nitrogen and oxygen atoms in total. The highest BCUT2D eigenvalue weighted by atomic mass is 35.5. The van der Waals surface area contributed by atoms with Crippen LogP contribution in [0.15, 0.2) is 65.7 Å². The normalized spacial score (nSPS) is 10.9. The van der Waals surface area contributed by atoms with Crippen molar-refractivity contribution in [2.45, 2.75) is 20.8 Å². The minimum absolute atomic E-state index is 0.0819. The molecule has 0 spiro atoms. The second-order valence-electron chi connectivity index (χ2n) is 6.92. The number of nitrogens with one attached hydrogen (secondary N) is 1. The van der Waals surface area contributed by atoms with Crippen molar-refractivity contribution < 1.29 is 9.53 Å². The van der Waals surface area contributed by atoms with Gasteiger partial charge in [0.05, 0.1) is 5.69 Å². The zero-order valence-electron chi connectivity index (χ0n) is 16.7. The van der Waals surface area contributed by atoms with E-state index in [9.17, 15) is 4.79 Å². The molecule has 3 rings (SSSR count). The van der Waals surface area contributed by atoms with Crippen molar-refractivity contribution in [1.82, 2.24) is 0 Å². The van der Waals surface area contributed by atoms with Gasteiger partial charge in [-0.1, -0.05) is 35.4 Å². The van der Waals surface area contributed by atoms with Crippen LogP contribution in [0.3, 0.4) is 0 Å². The van der Waals surface area contributed by atoms with Gasteiger partial charge in [0.25, 0.3) is 5.91 Å². The third-order valence-electron chi connectivity index (χ3n) is 4.41. The number of carbonyl (C=O) groups is 1. The van der Waals surface area contributed by atoms with Crippen LogP contribution in [0.5, 0.6) is 5.75 Å². The Morgan fingerprint density at radius 2 is 1.76 bits per heavy atom. The van der Waals surface area contributed by atoms with Crippen molar-refractivity contribution in [1.29, 1.82) is 0 Å². The number of benzene rings is 3. The van der Waals surface area contributed by atoms with Crippen LogP contribution in [0.4, 0.5) is 11.4 Å². The van der Waals surface area contributed by atoms with Crippen LogP contribution >= 0.6 is 11.6 Å². The minimum Gasteiger partial charge on any atom is -0.484 e. The molecule has 0 aliphatic heterocycles. The second-order valence-corrected chi connectivity index (χ2v) is 7.33. The summed E-state index contributed by atoms with van der Waals surface area (Å²) in [5.74, 6) is 0.371. The fraction of sp³-hybridized carbons (Fsp3) is 0.167. The van der Waals surface area contributed by atoms with Crippen molar-refractivity contribution in [3.05, 3.63) is 87.9 Å². The lowest BCUT2D eigenvalue weighted by molar-refractivity contribution is -0.118. The number of aryl methyl sites for hydroxylation is 3. The molecule has 29 heavy (non-hydrogen) atoms. The molecule has 0 bridgehead atoms. The van der Waals surface area contributed by atoms with E-state index in [4.69, 9.17) is 16.3 Å². The number of nitrogens with zero attached hydrogens (tertiary/aromatic N) is 1. The van der Waals surface area contributed by atoms with Crippen LogP contribution in [0, 0.1) is 20.8 Å². The van der Waals surface area contributed by atoms with Gasteiger partial charge >= 0.3 is 0 Å². The maximum Gasteiger partial charge on any atom is 0.262 e. The van der Waals surface area contributed by atoms with E-state index < -0.39 is 0 Å². The Kier molecular flexibility index (Phi) is 6.68. The number of halogens is 1. The molecule has 0 saturated heterocycles. The predicted molar refractivity (Wildman–Crippen MR) is 120 cm³/mol. The number of hydrogen-bond acceptors (Lipinski definition) is 3. The quantitative estimate of drug-likeness (QED) is 0.508. The van der Waals surface area contributed by atoms with Crippen LogP contribution in [-0.4, -0.2) is 18.7 Å². The van der Waals surface area contributed by atoms with E-state index in [2.05, 4.69) is 23.3 Å². The summed E-state index contributed by atoms with van der Waals surface area (Å²) in [5, 5.41) is 3.38. The molecule has 5 heteroatoms. The molecule has 0 fully saturated rings. The Balaban J connectivity index is 1.54. The molecular formula is C24H23ClN2O2. The largest absolute Gasteiger partial charge is 0.484 e. The topological polar surface area (TPSA) is 50.7 Å². The van der Waals surface area contributed by atoms with E-state index in [1.807, 2.05) is 68.6 Å². The molecule has 0 radical (unpaired) electrons. The van der Waals surface area contributed by atoms with Crippen LogP contribution in [-0.2, 0) is 4.79 Å². The smallest absolute Gasteiger partial charge is 0.262 e. The molecule has 3 aromatic rings. The second kappa shape index (κ2) is 9.39. The van der Waals surface area contributed by atoms with Gasteiger partial charge in [-0.15, -0.1) is 0 Å². The fourth-order valence-corrected chi connectivity index (χ4v) is 2.94. The van der Waals surface area contributed by atoms with E-state index >= 15 is 0 Å². The van der Waals surface area contributed by atoms with Crippen LogP contribution in [0.1, 0.15) is 22.3 Å². The number of amides is 1. The highest BCUT2D eigenvalue weighted by Gasteiger charge is 2.05. The molecule has 0 unspecified atom stereocenters. The lowest BCUT2D eigenvalue weighted by Gasteiger charge is -2.09. The molecule has 1 N–H and O–H groups in total. The van der Waals surface area contributed by atoms with Crippen molar-refractivity contribution >= 4 is 35.1 Å². The summed E-state index contributed by atoms with van der Waals surface area (Å²) in [6.07, 6.45) is 1.81. The summed E-state index contributed by atoms with van der Waals surface area (Å²) in [4.78, 5) is 16.6. The molecule has 0 saturated carbocycles. The summed E-state index contributed by atoms with van der Waals surface area (Å²) in [6.45, 7) is 5.94. The maximum atomic E-state index is 12.1. The highest BCUT2D eigenvalue weighted by molar-refractivity contribution is 6.31. The Morgan fingerprint density at radius 3 is 2.45 bits per heavy atom. The van der Waals surface area contributed by atoms with Gasteiger partial charge in [-0.05, 0) is 79.9 Å². The van der Waals surface area contributed by atoms with E-state index in [0.29, 0.717) is 16.5 Å². The lowest BCUT2D eigenvalue weighted by atomic mass is 10.1. The minimum atomic E-state index is -0.245. The van der Waals surface area contributed by atoms with Gasteiger partial charge in [-0.3, -0.25) is 9.79 Å². The van der Waals surface area contributed by atoms with E-state index in [-0.39, 0.29) is 12.5 Å². The highest BCUT2D eigenvalue weighted by Crippen LogP contribution is 2.21. The fourth-order valence-electron chi connectivity index (χ4n) is 2.76.